The second-order valence-electron chi connectivity index (χ2n) is 3.15. The Morgan fingerprint density at radius 1 is 0.571 bits per heavy atom. The Kier molecular flexibility index (Phi) is 23.6. The van der Waals surface area contributed by atoms with Gasteiger partial charge in [0.05, 0.1) is 0 Å². The third-order valence-corrected chi connectivity index (χ3v) is 2.07. The third-order valence-electron chi connectivity index (χ3n) is 2.07. The van der Waals surface area contributed by atoms with Crippen LogP contribution in [0.5, 0.6) is 0 Å². The summed E-state index contributed by atoms with van der Waals surface area (Å²) in [5, 5.41) is 7.00. The summed E-state index contributed by atoms with van der Waals surface area (Å²) in [5.74, 6) is 0. The predicted octanol–water partition coefficient (Wildman–Crippen LogP) is 6.15. The van der Waals surface area contributed by atoms with Crippen LogP contribution in [0, 0.1) is 0 Å². The van der Waals surface area contributed by atoms with Crippen LogP contribution in [-0.4, -0.2) is 12.2 Å². The van der Waals surface area contributed by atoms with Gasteiger partial charge in [0.2, 0.25) is 0 Å². The maximum absolute atomic E-state index is 7.00. The van der Waals surface area contributed by atoms with Gasteiger partial charge in [-0.25, -0.2) is 0 Å². The SMILES string of the molecule is C.C(=C\c1ccccc1)/c1ccccc1.CC.CC.CO. The highest BCUT2D eigenvalue weighted by Gasteiger charge is 1.84. The molecular formula is C20H32O. The van der Waals surface area contributed by atoms with Gasteiger partial charge in [-0.2, -0.15) is 0 Å². The molecule has 0 saturated carbocycles. The van der Waals surface area contributed by atoms with Crippen LogP contribution in [0.4, 0.5) is 0 Å². The van der Waals surface area contributed by atoms with Gasteiger partial charge >= 0.3 is 0 Å². The molecule has 0 amide bonds. The summed E-state index contributed by atoms with van der Waals surface area (Å²) < 4.78 is 0. The summed E-state index contributed by atoms with van der Waals surface area (Å²) in [6.45, 7) is 8.00. The van der Waals surface area contributed by atoms with Crippen molar-refractivity contribution in [3.63, 3.8) is 0 Å². The Hall–Kier alpha value is -1.86. The van der Waals surface area contributed by atoms with Crippen LogP contribution in [0.15, 0.2) is 60.7 Å². The Morgan fingerprint density at radius 3 is 1.05 bits per heavy atom. The molecule has 0 aromatic heterocycles. The van der Waals surface area contributed by atoms with Crippen molar-refractivity contribution in [1.82, 2.24) is 0 Å². The van der Waals surface area contributed by atoms with Crippen molar-refractivity contribution >= 4 is 12.2 Å². The molecule has 1 N–H and O–H groups in total. The highest BCUT2D eigenvalue weighted by Crippen LogP contribution is 2.06. The highest BCUT2D eigenvalue weighted by atomic mass is 16.2. The molecule has 0 aliphatic rings. The molecule has 0 heterocycles. The van der Waals surface area contributed by atoms with E-state index >= 15 is 0 Å². The monoisotopic (exact) mass is 288 g/mol. The van der Waals surface area contributed by atoms with Crippen LogP contribution >= 0.6 is 0 Å². The summed E-state index contributed by atoms with van der Waals surface area (Å²) in [6, 6.07) is 20.6. The molecule has 1 nitrogen and oxygen atoms in total. The van der Waals surface area contributed by atoms with E-state index in [2.05, 4.69) is 36.4 Å². The number of hydrogen-bond donors (Lipinski definition) is 1. The summed E-state index contributed by atoms with van der Waals surface area (Å²) in [4.78, 5) is 0. The molecule has 0 saturated heterocycles. The van der Waals surface area contributed by atoms with Gasteiger partial charge in [-0.1, -0.05) is 108 Å². The molecular weight excluding hydrogens is 256 g/mol. The molecule has 2 aromatic carbocycles. The largest absolute Gasteiger partial charge is 0.400 e. The molecule has 118 valence electrons. The van der Waals surface area contributed by atoms with Crippen LogP contribution in [-0.2, 0) is 0 Å². The summed E-state index contributed by atoms with van der Waals surface area (Å²) in [6.07, 6.45) is 4.24. The molecule has 0 atom stereocenters. The van der Waals surface area contributed by atoms with Crippen LogP contribution < -0.4 is 0 Å². The van der Waals surface area contributed by atoms with Gasteiger partial charge in [0.15, 0.2) is 0 Å². The lowest BCUT2D eigenvalue weighted by molar-refractivity contribution is 0.399. The van der Waals surface area contributed by atoms with Crippen LogP contribution in [0.1, 0.15) is 46.2 Å². The lowest BCUT2D eigenvalue weighted by Crippen LogP contribution is -1.70. The highest BCUT2D eigenvalue weighted by molar-refractivity contribution is 5.69. The van der Waals surface area contributed by atoms with Crippen molar-refractivity contribution in [1.29, 1.82) is 0 Å². The lowest BCUT2D eigenvalue weighted by atomic mass is 10.1. The number of benzene rings is 2. The van der Waals surface area contributed by atoms with E-state index in [0.717, 1.165) is 7.11 Å². The van der Waals surface area contributed by atoms with E-state index in [1.54, 1.807) is 0 Å². The topological polar surface area (TPSA) is 20.2 Å². The average molecular weight is 288 g/mol. The predicted molar refractivity (Wildman–Crippen MR) is 99.4 cm³/mol. The molecule has 0 aliphatic heterocycles. The number of hydrogen-bond acceptors (Lipinski definition) is 1. The maximum Gasteiger partial charge on any atom is 0.0319 e. The van der Waals surface area contributed by atoms with Crippen molar-refractivity contribution in [2.24, 2.45) is 0 Å². The first kappa shape index (κ1) is 24.2. The van der Waals surface area contributed by atoms with Gasteiger partial charge in [0.1, 0.15) is 0 Å². The minimum Gasteiger partial charge on any atom is -0.400 e. The van der Waals surface area contributed by atoms with Gasteiger partial charge in [-0.3, -0.25) is 0 Å². The Balaban J connectivity index is -0.000000414. The van der Waals surface area contributed by atoms with E-state index in [-0.39, 0.29) is 7.43 Å². The van der Waals surface area contributed by atoms with E-state index in [1.807, 2.05) is 64.1 Å². The number of aliphatic hydroxyl groups excluding tert-OH is 1. The van der Waals surface area contributed by atoms with Crippen molar-refractivity contribution in [3.05, 3.63) is 71.8 Å². The van der Waals surface area contributed by atoms with Crippen molar-refractivity contribution in [2.75, 3.05) is 7.11 Å². The van der Waals surface area contributed by atoms with Gasteiger partial charge in [0.25, 0.3) is 0 Å². The minimum atomic E-state index is 0. The van der Waals surface area contributed by atoms with Gasteiger partial charge in [-0.15, -0.1) is 0 Å². The molecule has 0 unspecified atom stereocenters. The average Bonchev–Trinajstić information content (AvgIpc) is 2.60. The van der Waals surface area contributed by atoms with E-state index < -0.39 is 0 Å². The smallest absolute Gasteiger partial charge is 0.0319 e. The first-order valence-corrected chi connectivity index (χ1v) is 7.18. The molecule has 2 rings (SSSR count). The number of rotatable bonds is 2. The van der Waals surface area contributed by atoms with Gasteiger partial charge in [-0.05, 0) is 11.1 Å². The molecule has 0 fully saturated rings. The maximum atomic E-state index is 7.00. The molecule has 0 aliphatic carbocycles. The fourth-order valence-corrected chi connectivity index (χ4v) is 1.32. The Morgan fingerprint density at radius 2 is 0.810 bits per heavy atom. The quantitative estimate of drug-likeness (QED) is 0.657. The van der Waals surface area contributed by atoms with E-state index in [9.17, 15) is 0 Å². The summed E-state index contributed by atoms with van der Waals surface area (Å²) in [5.41, 5.74) is 2.47. The van der Waals surface area contributed by atoms with Gasteiger partial charge < -0.3 is 5.11 Å². The van der Waals surface area contributed by atoms with E-state index in [0.29, 0.717) is 0 Å². The zero-order valence-electron chi connectivity index (χ0n) is 13.4. The zero-order valence-corrected chi connectivity index (χ0v) is 13.4. The van der Waals surface area contributed by atoms with Crippen LogP contribution in [0.3, 0.4) is 0 Å². The summed E-state index contributed by atoms with van der Waals surface area (Å²) >= 11 is 0. The van der Waals surface area contributed by atoms with Crippen molar-refractivity contribution in [3.8, 4) is 0 Å². The fraction of sp³-hybridized carbons (Fsp3) is 0.300. The van der Waals surface area contributed by atoms with E-state index in [1.165, 1.54) is 11.1 Å². The molecule has 2 aromatic rings. The second kappa shape index (κ2) is 20.5. The minimum absolute atomic E-state index is 0. The molecule has 0 radical (unpaired) electrons. The van der Waals surface area contributed by atoms with Crippen LogP contribution in [0.25, 0.3) is 12.2 Å². The fourth-order valence-electron chi connectivity index (χ4n) is 1.32. The standard InChI is InChI=1S/C14H12.2C2H6.CH4O.CH4/c1-3-7-13(8-4-1)11-12-14-9-5-2-6-10-14;3*1-2;/h1-12H;2*1-2H3;2H,1H3;1H4/b12-11+;;;;. The molecule has 21 heavy (non-hydrogen) atoms. The Labute approximate surface area is 132 Å². The molecule has 1 heteroatoms. The third kappa shape index (κ3) is 12.9. The zero-order chi connectivity index (χ0) is 15.6. The summed E-state index contributed by atoms with van der Waals surface area (Å²) in [7, 11) is 1.00. The second-order valence-corrected chi connectivity index (χ2v) is 3.15. The van der Waals surface area contributed by atoms with Gasteiger partial charge in [0, 0.05) is 7.11 Å². The van der Waals surface area contributed by atoms with Crippen molar-refractivity contribution in [2.45, 2.75) is 35.1 Å². The van der Waals surface area contributed by atoms with Crippen LogP contribution in [0.2, 0.25) is 0 Å². The molecule has 0 bridgehead atoms. The molecule has 0 spiro atoms. The first-order valence-electron chi connectivity index (χ1n) is 7.18. The number of aliphatic hydroxyl groups is 1. The van der Waals surface area contributed by atoms with E-state index in [4.69, 9.17) is 5.11 Å². The Bertz CT molecular complexity index is 363. The normalized spacial score (nSPS) is 7.90. The lowest BCUT2D eigenvalue weighted by Gasteiger charge is -1.92. The first-order chi connectivity index (χ1) is 9.95. The van der Waals surface area contributed by atoms with Crippen molar-refractivity contribution < 1.29 is 5.11 Å².